The Bertz CT molecular complexity index is 1500. The summed E-state index contributed by atoms with van der Waals surface area (Å²) >= 11 is 1.51. The van der Waals surface area contributed by atoms with E-state index in [4.69, 9.17) is 4.74 Å². The number of aliphatic hydroxyl groups excluding tert-OH is 1. The number of thiazole rings is 1. The van der Waals surface area contributed by atoms with E-state index in [-0.39, 0.29) is 24.0 Å². The number of ether oxygens (including phenoxy) is 1. The summed E-state index contributed by atoms with van der Waals surface area (Å²) < 4.78 is 6.11. The second-order valence-corrected chi connectivity index (χ2v) is 12.0. The van der Waals surface area contributed by atoms with Crippen LogP contribution in [0.1, 0.15) is 49.0 Å². The molecule has 4 atom stereocenters. The molecule has 1 aliphatic heterocycles. The third kappa shape index (κ3) is 8.36. The number of aromatic nitrogens is 1. The molecular weight excluding hydrogens is 560 g/mol. The number of nitrogens with zero attached hydrogens (tertiary/aromatic N) is 2. The topological polar surface area (TPSA) is 104 Å². The molecule has 3 aromatic carbocycles. The minimum absolute atomic E-state index is 0.0408. The van der Waals surface area contributed by atoms with Gasteiger partial charge in [-0.3, -0.25) is 9.59 Å². The van der Waals surface area contributed by atoms with Gasteiger partial charge in [-0.15, -0.1) is 11.3 Å². The Hall–Kier alpha value is -3.89. The summed E-state index contributed by atoms with van der Waals surface area (Å²) in [6, 6.07) is 25.7. The molecule has 1 saturated heterocycles. The monoisotopic (exact) mass is 598 g/mol. The number of carbonyl (C=O) groups excluding carboxylic acids is 2. The minimum Gasteiger partial charge on any atom is -0.389 e. The van der Waals surface area contributed by atoms with E-state index < -0.39 is 12.1 Å². The molecule has 0 aliphatic carbocycles. The number of aliphatic hydroxyl groups is 1. The van der Waals surface area contributed by atoms with Crippen LogP contribution in [-0.2, 0) is 24.3 Å². The molecule has 9 heteroatoms. The first kappa shape index (κ1) is 30.6. The van der Waals surface area contributed by atoms with Gasteiger partial charge in [0.1, 0.15) is 5.01 Å². The minimum atomic E-state index is -0.854. The van der Waals surface area contributed by atoms with Gasteiger partial charge in [0.25, 0.3) is 11.8 Å². The Balaban J connectivity index is 1.25. The molecule has 2 amide bonds. The van der Waals surface area contributed by atoms with Gasteiger partial charge in [-0.05, 0) is 49.1 Å². The van der Waals surface area contributed by atoms with Crippen molar-refractivity contribution in [2.75, 3.05) is 13.6 Å². The van der Waals surface area contributed by atoms with Crippen LogP contribution in [-0.4, -0.2) is 64.7 Å². The van der Waals surface area contributed by atoms with Gasteiger partial charge in [0.05, 0.1) is 31.4 Å². The summed E-state index contributed by atoms with van der Waals surface area (Å²) in [5.41, 5.74) is 3.81. The van der Waals surface area contributed by atoms with Gasteiger partial charge < -0.3 is 25.4 Å². The molecule has 0 saturated carbocycles. The first-order chi connectivity index (χ1) is 20.9. The van der Waals surface area contributed by atoms with Crippen molar-refractivity contribution >= 4 is 23.2 Å². The predicted octanol–water partition coefficient (Wildman–Crippen LogP) is 4.37. The molecule has 4 aromatic rings. The summed E-state index contributed by atoms with van der Waals surface area (Å²) in [6.45, 7) is 3.45. The normalized spacial score (nSPS) is 17.7. The maximum absolute atomic E-state index is 13.5. The molecule has 1 aliphatic rings. The van der Waals surface area contributed by atoms with Crippen molar-refractivity contribution < 1.29 is 19.4 Å². The van der Waals surface area contributed by atoms with Gasteiger partial charge in [-0.1, -0.05) is 66.7 Å². The van der Waals surface area contributed by atoms with Crippen molar-refractivity contribution in [3.05, 3.63) is 123 Å². The zero-order valence-electron chi connectivity index (χ0n) is 24.5. The second kappa shape index (κ2) is 14.5. The highest BCUT2D eigenvalue weighted by Gasteiger charge is 2.35. The second-order valence-electron chi connectivity index (χ2n) is 11.1. The van der Waals surface area contributed by atoms with E-state index >= 15 is 0 Å². The van der Waals surface area contributed by atoms with Crippen molar-refractivity contribution in [3.63, 3.8) is 0 Å². The van der Waals surface area contributed by atoms with Crippen LogP contribution in [0, 0.1) is 6.92 Å². The lowest BCUT2D eigenvalue weighted by Gasteiger charge is -2.29. The molecule has 43 heavy (non-hydrogen) atoms. The average Bonchev–Trinajstić information content (AvgIpc) is 3.68. The fourth-order valence-electron chi connectivity index (χ4n) is 5.33. The van der Waals surface area contributed by atoms with Crippen LogP contribution >= 0.6 is 11.3 Å². The summed E-state index contributed by atoms with van der Waals surface area (Å²) in [5, 5.41) is 20.8. The first-order valence-corrected chi connectivity index (χ1v) is 15.4. The lowest BCUT2D eigenvalue weighted by atomic mass is 9.94. The largest absolute Gasteiger partial charge is 0.389 e. The molecular formula is C34H38N4O4S. The summed E-state index contributed by atoms with van der Waals surface area (Å²) in [6.07, 6.45) is 0.188. The van der Waals surface area contributed by atoms with Gasteiger partial charge in [0.2, 0.25) is 0 Å². The van der Waals surface area contributed by atoms with Crippen LogP contribution in [0.4, 0.5) is 0 Å². The average molecular weight is 599 g/mol. The Kier molecular flexibility index (Phi) is 10.3. The maximum atomic E-state index is 13.5. The molecule has 2 heterocycles. The van der Waals surface area contributed by atoms with E-state index in [1.54, 1.807) is 36.2 Å². The zero-order chi connectivity index (χ0) is 30.2. The number of amides is 2. The maximum Gasteiger partial charge on any atom is 0.253 e. The van der Waals surface area contributed by atoms with Crippen LogP contribution in [0.2, 0.25) is 0 Å². The highest BCUT2D eigenvalue weighted by atomic mass is 32.1. The third-order valence-electron chi connectivity index (χ3n) is 7.65. The number of rotatable bonds is 12. The standard InChI is InChI=1S/C34H38N4O4S/c1-23-22-43-31(36-23)20-38(2)34(41)27-15-9-14-26(17-27)33(40)37-30(16-24-10-5-3-6-11-24)32(39)29-18-28(19-35-29)42-21-25-12-7-4-8-13-25/h3-15,17,22,28-30,32,35,39H,16,18-21H2,1-2H3,(H,37,40)/t28-,29-,30+,32-/m1/s1. The number of aryl methyl sites for hydroxylation is 1. The zero-order valence-corrected chi connectivity index (χ0v) is 25.3. The summed E-state index contributed by atoms with van der Waals surface area (Å²) in [4.78, 5) is 32.7. The van der Waals surface area contributed by atoms with Gasteiger partial charge in [-0.25, -0.2) is 4.98 Å². The molecule has 5 rings (SSSR count). The lowest BCUT2D eigenvalue weighted by molar-refractivity contribution is 0.0419. The molecule has 3 N–H and O–H groups in total. The van der Waals surface area contributed by atoms with Gasteiger partial charge in [-0.2, -0.15) is 0 Å². The van der Waals surface area contributed by atoms with Crippen molar-refractivity contribution in [1.82, 2.24) is 20.5 Å². The Morgan fingerprint density at radius 1 is 1.05 bits per heavy atom. The SMILES string of the molecule is Cc1csc(CN(C)C(=O)c2cccc(C(=O)N[C@@H](Cc3ccccc3)[C@H](O)[C@H]3C[C@@H](OCc4ccccc4)CN3)c2)n1. The van der Waals surface area contributed by atoms with Crippen molar-refractivity contribution in [2.24, 2.45) is 0 Å². The number of carbonyl (C=O) groups is 2. The molecule has 1 fully saturated rings. The highest BCUT2D eigenvalue weighted by Crippen LogP contribution is 2.20. The quantitative estimate of drug-likeness (QED) is 0.224. The van der Waals surface area contributed by atoms with Crippen LogP contribution in [0.3, 0.4) is 0 Å². The van der Waals surface area contributed by atoms with Crippen LogP contribution in [0.15, 0.2) is 90.3 Å². The molecule has 0 spiro atoms. The molecule has 0 bridgehead atoms. The Morgan fingerprint density at radius 3 is 2.44 bits per heavy atom. The predicted molar refractivity (Wildman–Crippen MR) is 168 cm³/mol. The highest BCUT2D eigenvalue weighted by molar-refractivity contribution is 7.09. The van der Waals surface area contributed by atoms with Crippen molar-refractivity contribution in [3.8, 4) is 0 Å². The molecule has 8 nitrogen and oxygen atoms in total. The smallest absolute Gasteiger partial charge is 0.253 e. The Labute approximate surface area is 256 Å². The fourth-order valence-corrected chi connectivity index (χ4v) is 6.15. The molecule has 224 valence electrons. The molecule has 0 radical (unpaired) electrons. The van der Waals surface area contributed by atoms with Crippen LogP contribution < -0.4 is 10.6 Å². The van der Waals surface area contributed by atoms with E-state index in [0.29, 0.717) is 43.7 Å². The van der Waals surface area contributed by atoms with Gasteiger partial charge in [0, 0.05) is 41.8 Å². The molecule has 1 aromatic heterocycles. The van der Waals surface area contributed by atoms with Gasteiger partial charge in [0.15, 0.2) is 0 Å². The van der Waals surface area contributed by atoms with Crippen LogP contribution in [0.25, 0.3) is 0 Å². The fraction of sp³-hybridized carbons (Fsp3) is 0.324. The number of benzene rings is 3. The number of hydrogen-bond acceptors (Lipinski definition) is 7. The van der Waals surface area contributed by atoms with E-state index in [1.165, 1.54) is 11.3 Å². The van der Waals surface area contributed by atoms with Crippen molar-refractivity contribution in [1.29, 1.82) is 0 Å². The van der Waals surface area contributed by atoms with E-state index in [0.717, 1.165) is 21.8 Å². The molecule has 0 unspecified atom stereocenters. The van der Waals surface area contributed by atoms with Gasteiger partial charge >= 0.3 is 0 Å². The van der Waals surface area contributed by atoms with E-state index in [1.807, 2.05) is 73.0 Å². The van der Waals surface area contributed by atoms with Crippen LogP contribution in [0.5, 0.6) is 0 Å². The summed E-state index contributed by atoms with van der Waals surface area (Å²) in [7, 11) is 1.73. The number of nitrogens with one attached hydrogen (secondary N) is 2. The third-order valence-corrected chi connectivity index (χ3v) is 8.60. The Morgan fingerprint density at radius 2 is 1.74 bits per heavy atom. The number of hydrogen-bond donors (Lipinski definition) is 3. The van der Waals surface area contributed by atoms with E-state index in [2.05, 4.69) is 15.6 Å². The summed E-state index contributed by atoms with van der Waals surface area (Å²) in [5.74, 6) is -0.539. The first-order valence-electron chi connectivity index (χ1n) is 14.5. The van der Waals surface area contributed by atoms with E-state index in [9.17, 15) is 14.7 Å². The lowest BCUT2D eigenvalue weighted by Crippen LogP contribution is -2.52. The van der Waals surface area contributed by atoms with Crippen molar-refractivity contribution in [2.45, 2.75) is 57.2 Å².